The van der Waals surface area contributed by atoms with E-state index in [2.05, 4.69) is 22.9 Å². The molecule has 2 aromatic rings. The summed E-state index contributed by atoms with van der Waals surface area (Å²) in [4.78, 5) is 25.2. The maximum atomic E-state index is 12.6. The summed E-state index contributed by atoms with van der Waals surface area (Å²) < 4.78 is 0. The van der Waals surface area contributed by atoms with Crippen LogP contribution in [0.15, 0.2) is 60.7 Å². The van der Waals surface area contributed by atoms with Gasteiger partial charge in [0.2, 0.25) is 5.91 Å². The Morgan fingerprint density at radius 2 is 1.71 bits per heavy atom. The monoisotopic (exact) mass is 401 g/mol. The first-order chi connectivity index (χ1) is 13.1. The van der Waals surface area contributed by atoms with Crippen molar-refractivity contribution in [1.82, 2.24) is 16.0 Å². The van der Waals surface area contributed by atoms with Crippen molar-refractivity contribution in [3.63, 3.8) is 0 Å². The van der Waals surface area contributed by atoms with Gasteiger partial charge < -0.3 is 16.0 Å². The zero-order valence-electron chi connectivity index (χ0n) is 16.1. The molecule has 3 unspecified atom stereocenters. The van der Waals surface area contributed by atoms with Gasteiger partial charge in [0.05, 0.1) is 12.5 Å². The van der Waals surface area contributed by atoms with Crippen molar-refractivity contribution in [1.29, 1.82) is 0 Å². The van der Waals surface area contributed by atoms with Crippen LogP contribution in [0, 0.1) is 0 Å². The van der Waals surface area contributed by atoms with Crippen molar-refractivity contribution in [3.8, 4) is 0 Å². The first-order valence-corrected chi connectivity index (χ1v) is 9.55. The van der Waals surface area contributed by atoms with Gasteiger partial charge in [-0.3, -0.25) is 9.59 Å². The predicted molar refractivity (Wildman–Crippen MR) is 114 cm³/mol. The molecule has 3 rings (SSSR count). The van der Waals surface area contributed by atoms with Gasteiger partial charge in [0.1, 0.15) is 0 Å². The lowest BCUT2D eigenvalue weighted by atomic mass is 9.99. The second-order valence-corrected chi connectivity index (χ2v) is 7.15. The molecule has 0 bridgehead atoms. The van der Waals surface area contributed by atoms with Crippen LogP contribution in [0.5, 0.6) is 0 Å². The van der Waals surface area contributed by atoms with E-state index in [1.165, 1.54) is 0 Å². The maximum absolute atomic E-state index is 12.6. The Labute approximate surface area is 172 Å². The molecular weight excluding hydrogens is 374 g/mol. The third-order valence-electron chi connectivity index (χ3n) is 4.92. The molecule has 1 aliphatic rings. The Balaban J connectivity index is 0.00000280. The number of piperidine rings is 1. The van der Waals surface area contributed by atoms with E-state index in [4.69, 9.17) is 0 Å². The number of halogens is 1. The molecule has 1 heterocycles. The number of carbonyl (C=O) groups is 2. The molecule has 28 heavy (non-hydrogen) atoms. The van der Waals surface area contributed by atoms with Gasteiger partial charge in [-0.25, -0.2) is 0 Å². The zero-order valence-corrected chi connectivity index (χ0v) is 16.9. The van der Waals surface area contributed by atoms with Gasteiger partial charge in [-0.05, 0) is 44.0 Å². The van der Waals surface area contributed by atoms with Gasteiger partial charge in [-0.15, -0.1) is 12.4 Å². The van der Waals surface area contributed by atoms with Gasteiger partial charge >= 0.3 is 0 Å². The minimum Gasteiger partial charge on any atom is -0.353 e. The number of hydrogen-bond donors (Lipinski definition) is 3. The van der Waals surface area contributed by atoms with E-state index in [1.807, 2.05) is 48.5 Å². The van der Waals surface area contributed by atoms with E-state index in [-0.39, 0.29) is 42.7 Å². The minimum atomic E-state index is -0.363. The van der Waals surface area contributed by atoms with Crippen LogP contribution >= 0.6 is 12.4 Å². The Kier molecular flexibility index (Phi) is 8.48. The molecule has 1 aliphatic heterocycles. The van der Waals surface area contributed by atoms with Crippen LogP contribution in [0.1, 0.15) is 48.1 Å². The van der Waals surface area contributed by atoms with Crippen LogP contribution in [0.3, 0.4) is 0 Å². The maximum Gasteiger partial charge on any atom is 0.251 e. The fourth-order valence-electron chi connectivity index (χ4n) is 3.50. The number of benzene rings is 2. The fraction of sp³-hybridized carbons (Fsp3) is 0.364. The van der Waals surface area contributed by atoms with Gasteiger partial charge in [0, 0.05) is 17.6 Å². The molecule has 2 amide bonds. The van der Waals surface area contributed by atoms with E-state index < -0.39 is 0 Å². The third-order valence-corrected chi connectivity index (χ3v) is 4.92. The lowest BCUT2D eigenvalue weighted by Crippen LogP contribution is -2.47. The highest BCUT2D eigenvalue weighted by atomic mass is 35.5. The summed E-state index contributed by atoms with van der Waals surface area (Å²) in [6, 6.07) is 19.0. The van der Waals surface area contributed by atoms with Crippen LogP contribution in [-0.2, 0) is 4.79 Å². The highest BCUT2D eigenvalue weighted by Crippen LogP contribution is 2.18. The molecule has 3 atom stereocenters. The Morgan fingerprint density at radius 1 is 1.07 bits per heavy atom. The molecule has 1 saturated heterocycles. The van der Waals surface area contributed by atoms with Gasteiger partial charge in [0.25, 0.3) is 5.91 Å². The molecule has 0 saturated carbocycles. The summed E-state index contributed by atoms with van der Waals surface area (Å²) >= 11 is 0. The summed E-state index contributed by atoms with van der Waals surface area (Å²) in [5.41, 5.74) is 1.52. The molecule has 0 radical (unpaired) electrons. The highest BCUT2D eigenvalue weighted by Gasteiger charge is 2.23. The lowest BCUT2D eigenvalue weighted by molar-refractivity contribution is -0.122. The number of rotatable bonds is 6. The molecular formula is C22H28ClN3O2. The Bertz CT molecular complexity index is 755. The third kappa shape index (κ3) is 6.36. The first-order valence-electron chi connectivity index (χ1n) is 9.55. The molecule has 6 heteroatoms. The fourth-order valence-corrected chi connectivity index (χ4v) is 3.50. The smallest absolute Gasteiger partial charge is 0.251 e. The average molecular weight is 402 g/mol. The normalized spacial score (nSPS) is 19.8. The summed E-state index contributed by atoms with van der Waals surface area (Å²) in [6.07, 6.45) is 2.08. The van der Waals surface area contributed by atoms with Crippen LogP contribution in [0.25, 0.3) is 0 Å². The molecule has 150 valence electrons. The van der Waals surface area contributed by atoms with Crippen molar-refractivity contribution in [3.05, 3.63) is 71.8 Å². The molecule has 0 aliphatic carbocycles. The second-order valence-electron chi connectivity index (χ2n) is 7.15. The van der Waals surface area contributed by atoms with Crippen molar-refractivity contribution in [2.24, 2.45) is 0 Å². The largest absolute Gasteiger partial charge is 0.353 e. The molecule has 1 fully saturated rings. The number of carbonyl (C=O) groups excluding carboxylic acids is 2. The molecule has 0 aromatic heterocycles. The Morgan fingerprint density at radius 3 is 2.36 bits per heavy atom. The standard InChI is InChI=1S/C22H27N3O2.ClH/c1-16-14-19(12-13-23-16)24-21(26)15-20(17-8-4-2-5-9-17)25-22(27)18-10-6-3-7-11-18;/h2-11,16,19-20,23H,12-15H2,1H3,(H,24,26)(H,25,27);1H. The quantitative estimate of drug-likeness (QED) is 0.696. The zero-order chi connectivity index (χ0) is 19.1. The van der Waals surface area contributed by atoms with Crippen LogP contribution in [-0.4, -0.2) is 30.4 Å². The second kappa shape index (κ2) is 10.8. The first kappa shape index (κ1) is 21.9. The highest BCUT2D eigenvalue weighted by molar-refractivity contribution is 5.94. The van der Waals surface area contributed by atoms with Crippen molar-refractivity contribution < 1.29 is 9.59 Å². The number of nitrogens with one attached hydrogen (secondary N) is 3. The number of hydrogen-bond acceptors (Lipinski definition) is 3. The van der Waals surface area contributed by atoms with Gasteiger partial charge in [-0.2, -0.15) is 0 Å². The van der Waals surface area contributed by atoms with Crippen molar-refractivity contribution in [2.45, 2.75) is 44.3 Å². The molecule has 3 N–H and O–H groups in total. The van der Waals surface area contributed by atoms with Crippen LogP contribution in [0.4, 0.5) is 0 Å². The Hall–Kier alpha value is -2.37. The van der Waals surface area contributed by atoms with E-state index in [0.717, 1.165) is 24.9 Å². The van der Waals surface area contributed by atoms with Crippen molar-refractivity contribution >= 4 is 24.2 Å². The SMILES string of the molecule is CC1CC(NC(=O)CC(NC(=O)c2ccccc2)c2ccccc2)CCN1.Cl. The average Bonchev–Trinajstić information content (AvgIpc) is 2.69. The predicted octanol–water partition coefficient (Wildman–Crippen LogP) is 3.23. The topological polar surface area (TPSA) is 70.2 Å². The molecule has 0 spiro atoms. The summed E-state index contributed by atoms with van der Waals surface area (Å²) in [7, 11) is 0. The van der Waals surface area contributed by atoms with Gasteiger partial charge in [-0.1, -0.05) is 48.5 Å². The lowest BCUT2D eigenvalue weighted by Gasteiger charge is -2.29. The molecule has 2 aromatic carbocycles. The van der Waals surface area contributed by atoms with E-state index >= 15 is 0 Å². The molecule has 5 nitrogen and oxygen atoms in total. The van der Waals surface area contributed by atoms with E-state index in [1.54, 1.807) is 12.1 Å². The number of amides is 2. The summed E-state index contributed by atoms with van der Waals surface area (Å²) in [5.74, 6) is -0.205. The minimum absolute atomic E-state index is 0. The van der Waals surface area contributed by atoms with Gasteiger partial charge in [0.15, 0.2) is 0 Å². The van der Waals surface area contributed by atoms with Crippen LogP contribution in [0.2, 0.25) is 0 Å². The van der Waals surface area contributed by atoms with Crippen LogP contribution < -0.4 is 16.0 Å². The van der Waals surface area contributed by atoms with Crippen molar-refractivity contribution in [2.75, 3.05) is 6.54 Å². The van der Waals surface area contributed by atoms with E-state index in [9.17, 15) is 9.59 Å². The van der Waals surface area contributed by atoms with E-state index in [0.29, 0.717) is 11.6 Å². The summed E-state index contributed by atoms with van der Waals surface area (Å²) in [5, 5.41) is 9.53. The summed E-state index contributed by atoms with van der Waals surface area (Å²) in [6.45, 7) is 3.05.